The number of thioether (sulfide) groups is 1. The molecule has 0 bridgehead atoms. The van der Waals surface area contributed by atoms with Gasteiger partial charge in [0.05, 0.1) is 0 Å². The molecule has 30 heavy (non-hydrogen) atoms. The van der Waals surface area contributed by atoms with Crippen molar-refractivity contribution < 1.29 is 33.4 Å². The topological polar surface area (TPSA) is 96.0 Å². The molecule has 3 rings (SSSR count). The molecule has 2 aliphatic rings. The summed E-state index contributed by atoms with van der Waals surface area (Å²) < 4.78 is 14.6. The van der Waals surface area contributed by atoms with Crippen LogP contribution in [-0.4, -0.2) is 36.6 Å². The zero-order valence-electron chi connectivity index (χ0n) is 16.6. The zero-order valence-corrected chi connectivity index (χ0v) is 17.4. The van der Waals surface area contributed by atoms with Crippen LogP contribution >= 0.6 is 11.8 Å². The van der Waals surface area contributed by atoms with Crippen LogP contribution in [0.15, 0.2) is 63.4 Å². The Hall–Kier alpha value is -3.13. The summed E-state index contributed by atoms with van der Waals surface area (Å²) in [5.41, 5.74) is 2.11. The largest absolute Gasteiger partial charge is 0.450 e. The van der Waals surface area contributed by atoms with Crippen LogP contribution in [0.2, 0.25) is 0 Å². The van der Waals surface area contributed by atoms with Gasteiger partial charge in [0, 0.05) is 46.3 Å². The summed E-state index contributed by atoms with van der Waals surface area (Å²) in [6.45, 7) is 5.57. The van der Waals surface area contributed by atoms with Crippen molar-refractivity contribution in [3.63, 3.8) is 0 Å². The molecule has 7 nitrogen and oxygen atoms in total. The van der Waals surface area contributed by atoms with Gasteiger partial charge in [-0.25, -0.2) is 14.4 Å². The Balaban J connectivity index is 1.57. The van der Waals surface area contributed by atoms with E-state index in [2.05, 4.69) is 6.58 Å². The molecule has 1 aromatic carbocycles. The molecule has 1 heterocycles. The summed E-state index contributed by atoms with van der Waals surface area (Å²) in [6.07, 6.45) is 0.940. The molecule has 0 saturated heterocycles. The first kappa shape index (κ1) is 21.6. The fraction of sp³-hybridized carbons (Fsp3) is 0.273. The van der Waals surface area contributed by atoms with Gasteiger partial charge in [0.15, 0.2) is 12.4 Å². The molecule has 0 aromatic heterocycles. The van der Waals surface area contributed by atoms with Crippen molar-refractivity contribution in [2.45, 2.75) is 37.9 Å². The highest BCUT2D eigenvalue weighted by Crippen LogP contribution is 2.42. The van der Waals surface area contributed by atoms with E-state index in [0.29, 0.717) is 12.0 Å². The van der Waals surface area contributed by atoms with Gasteiger partial charge in [0.25, 0.3) is 0 Å². The number of ketones is 1. The lowest BCUT2D eigenvalue weighted by Crippen LogP contribution is -2.26. The Morgan fingerprint density at radius 1 is 1.17 bits per heavy atom. The molecule has 0 radical (unpaired) electrons. The smallest absolute Gasteiger partial charge is 0.347 e. The lowest BCUT2D eigenvalue weighted by molar-refractivity contribution is -0.186. The van der Waals surface area contributed by atoms with Gasteiger partial charge in [-0.05, 0) is 24.6 Å². The SMILES string of the molecule is C=C(C)C(=O)OC(C)OC(=O)COC(=O)C1=CC2=C(Cc3ccccc3S2)C(=O)C1. The van der Waals surface area contributed by atoms with Crippen molar-refractivity contribution in [1.82, 2.24) is 0 Å². The second-order valence-corrected chi connectivity index (χ2v) is 7.90. The number of Topliss-reactive ketones (excluding diaryl/α,β-unsaturated/α-hetero) is 1. The van der Waals surface area contributed by atoms with E-state index in [1.165, 1.54) is 25.6 Å². The average Bonchev–Trinajstić information content (AvgIpc) is 2.70. The Morgan fingerprint density at radius 3 is 2.63 bits per heavy atom. The minimum absolute atomic E-state index is 0.0813. The quantitative estimate of drug-likeness (QED) is 0.388. The molecule has 8 heteroatoms. The highest BCUT2D eigenvalue weighted by atomic mass is 32.2. The number of esters is 3. The van der Waals surface area contributed by atoms with Crippen LogP contribution in [0.3, 0.4) is 0 Å². The second kappa shape index (κ2) is 9.13. The van der Waals surface area contributed by atoms with E-state index in [4.69, 9.17) is 14.2 Å². The van der Waals surface area contributed by atoms with E-state index in [-0.39, 0.29) is 23.4 Å². The normalized spacial score (nSPS) is 15.9. The Morgan fingerprint density at radius 2 is 1.90 bits per heavy atom. The van der Waals surface area contributed by atoms with Crippen molar-refractivity contribution in [2.24, 2.45) is 0 Å². The molecule has 0 N–H and O–H groups in total. The van der Waals surface area contributed by atoms with E-state index in [9.17, 15) is 19.2 Å². The highest BCUT2D eigenvalue weighted by molar-refractivity contribution is 8.03. The predicted molar refractivity (Wildman–Crippen MR) is 108 cm³/mol. The molecule has 1 aromatic rings. The van der Waals surface area contributed by atoms with Gasteiger partial charge < -0.3 is 14.2 Å². The molecule has 1 unspecified atom stereocenters. The number of hydrogen-bond acceptors (Lipinski definition) is 8. The highest BCUT2D eigenvalue weighted by Gasteiger charge is 2.30. The van der Waals surface area contributed by atoms with Crippen molar-refractivity contribution in [1.29, 1.82) is 0 Å². The maximum atomic E-state index is 12.5. The molecular weight excluding hydrogens is 408 g/mol. The Bertz CT molecular complexity index is 1000. The van der Waals surface area contributed by atoms with Gasteiger partial charge in [0.2, 0.25) is 6.29 Å². The minimum Gasteiger partial charge on any atom is -0.450 e. The third-order valence-electron chi connectivity index (χ3n) is 4.35. The van der Waals surface area contributed by atoms with Crippen LogP contribution in [0.5, 0.6) is 0 Å². The first-order valence-corrected chi connectivity index (χ1v) is 10.0. The zero-order chi connectivity index (χ0) is 21.8. The maximum absolute atomic E-state index is 12.5. The number of hydrogen-bond donors (Lipinski definition) is 0. The van der Waals surface area contributed by atoms with Crippen LogP contribution in [0.25, 0.3) is 0 Å². The first-order chi connectivity index (χ1) is 14.2. The lowest BCUT2D eigenvalue weighted by Gasteiger charge is -2.24. The molecule has 0 saturated carbocycles. The van der Waals surface area contributed by atoms with Gasteiger partial charge in [-0.3, -0.25) is 4.79 Å². The average molecular weight is 428 g/mol. The monoisotopic (exact) mass is 428 g/mol. The van der Waals surface area contributed by atoms with Crippen LogP contribution in [0.4, 0.5) is 0 Å². The number of fused-ring (bicyclic) bond motifs is 1. The van der Waals surface area contributed by atoms with Crippen molar-refractivity contribution in [3.05, 3.63) is 64.1 Å². The fourth-order valence-corrected chi connectivity index (χ4v) is 4.06. The van der Waals surface area contributed by atoms with E-state index in [0.717, 1.165) is 15.4 Å². The minimum atomic E-state index is -1.15. The summed E-state index contributed by atoms with van der Waals surface area (Å²) in [7, 11) is 0. The molecule has 156 valence electrons. The maximum Gasteiger partial charge on any atom is 0.347 e. The van der Waals surface area contributed by atoms with E-state index in [1.807, 2.05) is 24.3 Å². The van der Waals surface area contributed by atoms with Gasteiger partial charge in [-0.15, -0.1) is 0 Å². The number of carbonyl (C=O) groups is 4. The summed E-state index contributed by atoms with van der Waals surface area (Å²) in [5, 5.41) is 0. The standard InChI is InChI=1S/C22H20O7S/c1-12(2)21(25)29-13(3)28-20(24)11-27-22(26)15-9-17(23)16-8-14-6-4-5-7-18(14)30-19(16)10-15/h4-7,10,13H,1,8-9,11H2,2-3H3. The van der Waals surface area contributed by atoms with E-state index >= 15 is 0 Å². The van der Waals surface area contributed by atoms with Crippen molar-refractivity contribution >= 4 is 35.5 Å². The molecule has 1 aliphatic carbocycles. The molecule has 1 aliphatic heterocycles. The number of carbonyl (C=O) groups excluding carboxylic acids is 4. The third-order valence-corrected chi connectivity index (χ3v) is 5.55. The van der Waals surface area contributed by atoms with E-state index < -0.39 is 30.8 Å². The summed E-state index contributed by atoms with van der Waals surface area (Å²) in [5.74, 6) is -2.48. The molecular formula is C22H20O7S. The number of benzene rings is 1. The fourth-order valence-electron chi connectivity index (χ4n) is 2.89. The van der Waals surface area contributed by atoms with Gasteiger partial charge in [-0.1, -0.05) is 36.5 Å². The summed E-state index contributed by atoms with van der Waals surface area (Å²) >= 11 is 1.43. The molecule has 1 atom stereocenters. The molecule has 0 fully saturated rings. The van der Waals surface area contributed by atoms with Crippen molar-refractivity contribution in [2.75, 3.05) is 6.61 Å². The first-order valence-electron chi connectivity index (χ1n) is 9.20. The molecule has 0 amide bonds. The number of allylic oxidation sites excluding steroid dienone is 2. The molecule has 0 spiro atoms. The van der Waals surface area contributed by atoms with Crippen LogP contribution in [0.1, 0.15) is 25.8 Å². The predicted octanol–water partition coefficient (Wildman–Crippen LogP) is 3.04. The number of rotatable bonds is 6. The Kier molecular flexibility index (Phi) is 6.56. The Labute approximate surface area is 177 Å². The van der Waals surface area contributed by atoms with Crippen LogP contribution in [-0.2, 0) is 39.8 Å². The third kappa shape index (κ3) is 5.07. The van der Waals surface area contributed by atoms with Gasteiger partial charge in [-0.2, -0.15) is 0 Å². The van der Waals surface area contributed by atoms with Gasteiger partial charge in [0.1, 0.15) is 0 Å². The number of ether oxygens (including phenoxy) is 3. The van der Waals surface area contributed by atoms with Crippen molar-refractivity contribution in [3.8, 4) is 0 Å². The second-order valence-electron chi connectivity index (χ2n) is 6.82. The summed E-state index contributed by atoms with van der Waals surface area (Å²) in [6, 6.07) is 7.79. The van der Waals surface area contributed by atoms with Crippen LogP contribution < -0.4 is 0 Å². The van der Waals surface area contributed by atoms with E-state index in [1.54, 1.807) is 6.08 Å². The van der Waals surface area contributed by atoms with Crippen LogP contribution in [0, 0.1) is 0 Å². The van der Waals surface area contributed by atoms with Gasteiger partial charge >= 0.3 is 17.9 Å². The summed E-state index contributed by atoms with van der Waals surface area (Å²) in [4.78, 5) is 49.8. The lowest BCUT2D eigenvalue weighted by atomic mass is 9.92.